The number of rotatable bonds is 6. The summed E-state index contributed by atoms with van der Waals surface area (Å²) in [5.41, 5.74) is 1.97. The minimum atomic E-state index is -0.526. The predicted octanol–water partition coefficient (Wildman–Crippen LogP) is 5.38. The van der Waals surface area contributed by atoms with Gasteiger partial charge in [-0.25, -0.2) is 4.39 Å². The fourth-order valence-corrected chi connectivity index (χ4v) is 2.60. The fraction of sp³-hybridized carbons (Fsp3) is 0.0455. The van der Waals surface area contributed by atoms with Crippen LogP contribution in [0.25, 0.3) is 11.6 Å². The Labute approximate surface area is 161 Å². The molecule has 0 amide bonds. The largest absolute Gasteiger partial charge is 0.482 e. The van der Waals surface area contributed by atoms with Crippen molar-refractivity contribution < 1.29 is 14.1 Å². The second-order valence-electron chi connectivity index (χ2n) is 5.94. The van der Waals surface area contributed by atoms with Crippen LogP contribution >= 0.6 is 0 Å². The van der Waals surface area contributed by atoms with Crippen LogP contribution in [0.5, 0.6) is 5.75 Å². The average Bonchev–Trinajstić information content (AvgIpc) is 2.72. The van der Waals surface area contributed by atoms with Crippen LogP contribution in [-0.4, -0.2) is 4.92 Å². The van der Waals surface area contributed by atoms with Crippen LogP contribution in [0.4, 0.5) is 10.1 Å². The van der Waals surface area contributed by atoms with E-state index in [9.17, 15) is 19.8 Å². The van der Waals surface area contributed by atoms with Gasteiger partial charge in [-0.1, -0.05) is 48.5 Å². The van der Waals surface area contributed by atoms with E-state index >= 15 is 0 Å². The number of nitriles is 1. The van der Waals surface area contributed by atoms with Gasteiger partial charge in [0, 0.05) is 6.07 Å². The molecular formula is C22H15FN2O3. The van der Waals surface area contributed by atoms with Crippen molar-refractivity contribution in [2.75, 3.05) is 0 Å². The minimum Gasteiger partial charge on any atom is -0.482 e. The summed E-state index contributed by atoms with van der Waals surface area (Å²) < 4.78 is 18.7. The first-order valence-electron chi connectivity index (χ1n) is 8.40. The average molecular weight is 374 g/mol. The summed E-state index contributed by atoms with van der Waals surface area (Å²) in [6.07, 6.45) is 1.52. The summed E-state index contributed by atoms with van der Waals surface area (Å²) in [6.45, 7) is 0.204. The van der Waals surface area contributed by atoms with Crippen LogP contribution in [0.2, 0.25) is 0 Å². The Hall–Kier alpha value is -3.98. The van der Waals surface area contributed by atoms with Crippen LogP contribution in [0, 0.1) is 27.3 Å². The Morgan fingerprint density at radius 3 is 2.46 bits per heavy atom. The monoisotopic (exact) mass is 374 g/mol. The fourth-order valence-electron chi connectivity index (χ4n) is 2.60. The predicted molar refractivity (Wildman–Crippen MR) is 104 cm³/mol. The molecule has 0 radical (unpaired) electrons. The van der Waals surface area contributed by atoms with E-state index in [1.165, 1.54) is 42.5 Å². The van der Waals surface area contributed by atoms with E-state index < -0.39 is 10.7 Å². The topological polar surface area (TPSA) is 76.2 Å². The number of hydrogen-bond acceptors (Lipinski definition) is 4. The molecule has 138 valence electrons. The summed E-state index contributed by atoms with van der Waals surface area (Å²) in [4.78, 5) is 10.9. The van der Waals surface area contributed by atoms with Crippen molar-refractivity contribution in [2.45, 2.75) is 6.61 Å². The molecule has 0 saturated heterocycles. The van der Waals surface area contributed by atoms with Crippen molar-refractivity contribution in [3.05, 3.63) is 105 Å². The van der Waals surface area contributed by atoms with Crippen molar-refractivity contribution in [3.8, 4) is 11.8 Å². The molecule has 3 rings (SSSR count). The van der Waals surface area contributed by atoms with Gasteiger partial charge in [0.1, 0.15) is 12.4 Å². The number of nitro groups is 1. The lowest BCUT2D eigenvalue weighted by molar-refractivity contribution is -0.386. The van der Waals surface area contributed by atoms with E-state index in [4.69, 9.17) is 4.74 Å². The molecule has 28 heavy (non-hydrogen) atoms. The summed E-state index contributed by atoms with van der Waals surface area (Å²) in [5.74, 6) is -0.261. The molecule has 0 aromatic heterocycles. The number of ether oxygens (including phenoxy) is 1. The van der Waals surface area contributed by atoms with E-state index in [-0.39, 0.29) is 23.6 Å². The molecule has 0 N–H and O–H groups in total. The maximum atomic E-state index is 13.1. The van der Waals surface area contributed by atoms with Gasteiger partial charge in [-0.15, -0.1) is 0 Å². The van der Waals surface area contributed by atoms with Gasteiger partial charge in [0.05, 0.1) is 16.6 Å². The van der Waals surface area contributed by atoms with Crippen LogP contribution < -0.4 is 4.74 Å². The van der Waals surface area contributed by atoms with Crippen molar-refractivity contribution in [1.82, 2.24) is 0 Å². The second-order valence-corrected chi connectivity index (χ2v) is 5.94. The zero-order valence-electron chi connectivity index (χ0n) is 14.7. The van der Waals surface area contributed by atoms with Gasteiger partial charge in [0.25, 0.3) is 0 Å². The molecule has 3 aromatic carbocycles. The molecule has 0 bridgehead atoms. The molecule has 0 aliphatic heterocycles. The maximum absolute atomic E-state index is 13.1. The van der Waals surface area contributed by atoms with Gasteiger partial charge in [-0.2, -0.15) is 5.26 Å². The van der Waals surface area contributed by atoms with Gasteiger partial charge in [-0.3, -0.25) is 10.1 Å². The van der Waals surface area contributed by atoms with Crippen LogP contribution in [0.15, 0.2) is 72.8 Å². The lowest BCUT2D eigenvalue weighted by Crippen LogP contribution is -1.99. The van der Waals surface area contributed by atoms with Crippen molar-refractivity contribution in [1.29, 1.82) is 5.26 Å². The number of allylic oxidation sites excluding steroid dienone is 1. The molecule has 0 atom stereocenters. The molecule has 0 aliphatic rings. The third kappa shape index (κ3) is 4.59. The smallest absolute Gasteiger partial charge is 0.311 e. The zero-order chi connectivity index (χ0) is 19.9. The first-order chi connectivity index (χ1) is 13.6. The van der Waals surface area contributed by atoms with E-state index in [1.54, 1.807) is 6.07 Å². The second kappa shape index (κ2) is 8.60. The molecular weight excluding hydrogens is 359 g/mol. The number of benzene rings is 3. The molecule has 0 spiro atoms. The van der Waals surface area contributed by atoms with Gasteiger partial charge < -0.3 is 4.74 Å². The van der Waals surface area contributed by atoms with Gasteiger partial charge in [-0.05, 0) is 41.0 Å². The highest BCUT2D eigenvalue weighted by Gasteiger charge is 2.16. The SMILES string of the molecule is N#CC(=Cc1ccc(OCc2ccccc2)c([N+](=O)[O-])c1)c1ccc(F)cc1. The third-order valence-corrected chi connectivity index (χ3v) is 4.00. The van der Waals surface area contributed by atoms with Crippen LogP contribution in [0.3, 0.4) is 0 Å². The summed E-state index contributed by atoms with van der Waals surface area (Å²) in [7, 11) is 0. The van der Waals surface area contributed by atoms with Crippen LogP contribution in [-0.2, 0) is 6.61 Å². The molecule has 3 aromatic rings. The summed E-state index contributed by atoms with van der Waals surface area (Å²) >= 11 is 0. The quantitative estimate of drug-likeness (QED) is 0.251. The first kappa shape index (κ1) is 18.8. The molecule has 6 heteroatoms. The van der Waals surface area contributed by atoms with Gasteiger partial charge >= 0.3 is 5.69 Å². The lowest BCUT2D eigenvalue weighted by atomic mass is 10.0. The third-order valence-electron chi connectivity index (χ3n) is 4.00. The Balaban J connectivity index is 1.88. The molecule has 0 unspecified atom stereocenters. The standard InChI is InChI=1S/C22H15FN2O3/c23-20-9-7-18(8-10-20)19(14-24)12-17-6-11-22(21(13-17)25(26)27)28-15-16-4-2-1-3-5-16/h1-13H,15H2. The number of hydrogen-bond donors (Lipinski definition) is 0. The highest BCUT2D eigenvalue weighted by Crippen LogP contribution is 2.30. The lowest BCUT2D eigenvalue weighted by Gasteiger charge is -2.08. The summed E-state index contributed by atoms with van der Waals surface area (Å²) in [5, 5.41) is 20.8. The Bertz CT molecular complexity index is 1060. The number of nitro benzene ring substituents is 1. The Morgan fingerprint density at radius 2 is 1.82 bits per heavy atom. The first-order valence-corrected chi connectivity index (χ1v) is 8.40. The highest BCUT2D eigenvalue weighted by atomic mass is 19.1. The molecule has 0 heterocycles. The van der Waals surface area contributed by atoms with E-state index in [0.29, 0.717) is 11.1 Å². The van der Waals surface area contributed by atoms with E-state index in [0.717, 1.165) is 5.56 Å². The minimum absolute atomic E-state index is 0.145. The number of halogens is 1. The van der Waals surface area contributed by atoms with Crippen molar-refractivity contribution in [3.63, 3.8) is 0 Å². The molecule has 0 saturated carbocycles. The van der Waals surface area contributed by atoms with Crippen LogP contribution in [0.1, 0.15) is 16.7 Å². The molecule has 5 nitrogen and oxygen atoms in total. The zero-order valence-corrected chi connectivity index (χ0v) is 14.7. The van der Waals surface area contributed by atoms with E-state index in [1.807, 2.05) is 36.4 Å². The van der Waals surface area contributed by atoms with Crippen molar-refractivity contribution in [2.24, 2.45) is 0 Å². The van der Waals surface area contributed by atoms with Gasteiger partial charge in [0.15, 0.2) is 5.75 Å². The maximum Gasteiger partial charge on any atom is 0.311 e. The van der Waals surface area contributed by atoms with E-state index in [2.05, 4.69) is 0 Å². The summed E-state index contributed by atoms with van der Waals surface area (Å²) in [6, 6.07) is 21.3. The van der Waals surface area contributed by atoms with Gasteiger partial charge in [0.2, 0.25) is 0 Å². The molecule has 0 fully saturated rings. The molecule has 0 aliphatic carbocycles. The number of nitrogens with zero attached hydrogens (tertiary/aromatic N) is 2. The Kier molecular flexibility index (Phi) is 5.78. The Morgan fingerprint density at radius 1 is 1.11 bits per heavy atom. The highest BCUT2D eigenvalue weighted by molar-refractivity contribution is 5.90. The van der Waals surface area contributed by atoms with Crippen molar-refractivity contribution >= 4 is 17.3 Å². The normalized spacial score (nSPS) is 10.9.